The molecule has 30 heavy (non-hydrogen) atoms. The van der Waals surface area contributed by atoms with E-state index in [2.05, 4.69) is 10.5 Å². The molecule has 0 aromatic heterocycles. The molecular formula is C22H19Cl2N3O3. The first-order valence-electron chi connectivity index (χ1n) is 8.90. The second kappa shape index (κ2) is 10.0. The molecule has 0 aliphatic rings. The van der Waals surface area contributed by atoms with Crippen molar-refractivity contribution in [1.82, 2.24) is 5.43 Å². The number of carbonyl (C=O) groups is 1. The summed E-state index contributed by atoms with van der Waals surface area (Å²) in [5.74, 6) is 0.692. The molecule has 3 N–H and O–H groups in total. The van der Waals surface area contributed by atoms with Gasteiger partial charge in [0.2, 0.25) is 0 Å². The Labute approximate surface area is 184 Å². The third kappa shape index (κ3) is 5.43. The molecule has 0 saturated carbocycles. The number of hydrogen-bond acceptors (Lipinski definition) is 5. The van der Waals surface area contributed by atoms with Crippen LogP contribution in [0.15, 0.2) is 65.8 Å². The Morgan fingerprint density at radius 2 is 1.87 bits per heavy atom. The van der Waals surface area contributed by atoms with Crippen LogP contribution in [0.3, 0.4) is 0 Å². The van der Waals surface area contributed by atoms with E-state index in [1.54, 1.807) is 61.7 Å². The van der Waals surface area contributed by atoms with E-state index in [0.29, 0.717) is 39.4 Å². The highest BCUT2D eigenvalue weighted by molar-refractivity contribution is 6.42. The summed E-state index contributed by atoms with van der Waals surface area (Å²) in [6.45, 7) is 0.301. The van der Waals surface area contributed by atoms with Crippen LogP contribution in [0, 0.1) is 0 Å². The van der Waals surface area contributed by atoms with Gasteiger partial charge in [0.25, 0.3) is 5.91 Å². The largest absolute Gasteiger partial charge is 0.493 e. The molecule has 0 spiro atoms. The summed E-state index contributed by atoms with van der Waals surface area (Å²) in [5.41, 5.74) is 10.6. The SMILES string of the molecule is COc1cc(/C=N\NC(=O)c2ccccc2N)ccc1OCc1ccc(Cl)c(Cl)c1. The Bertz CT molecular complexity index is 1090. The number of hydrogen-bond donors (Lipinski definition) is 2. The maximum atomic E-state index is 12.1. The van der Waals surface area contributed by atoms with Crippen LogP contribution in [-0.2, 0) is 6.61 Å². The Balaban J connectivity index is 1.64. The fraction of sp³-hybridized carbons (Fsp3) is 0.0909. The second-order valence-corrected chi connectivity index (χ2v) is 7.05. The number of halogens is 2. The molecule has 0 aliphatic carbocycles. The minimum Gasteiger partial charge on any atom is -0.493 e. The number of carbonyl (C=O) groups excluding carboxylic acids is 1. The van der Waals surface area contributed by atoms with Gasteiger partial charge < -0.3 is 15.2 Å². The van der Waals surface area contributed by atoms with E-state index in [1.165, 1.54) is 6.21 Å². The molecule has 6 nitrogen and oxygen atoms in total. The highest BCUT2D eigenvalue weighted by Gasteiger charge is 2.09. The average Bonchev–Trinajstić information content (AvgIpc) is 2.75. The number of hydrazone groups is 1. The number of nitrogens with one attached hydrogen (secondary N) is 1. The summed E-state index contributed by atoms with van der Waals surface area (Å²) in [4.78, 5) is 12.1. The topological polar surface area (TPSA) is 85.9 Å². The average molecular weight is 444 g/mol. The fourth-order valence-corrected chi connectivity index (χ4v) is 2.92. The summed E-state index contributed by atoms with van der Waals surface area (Å²) < 4.78 is 11.2. The van der Waals surface area contributed by atoms with Gasteiger partial charge in [0, 0.05) is 5.69 Å². The van der Waals surface area contributed by atoms with Crippen molar-refractivity contribution in [2.45, 2.75) is 6.61 Å². The van der Waals surface area contributed by atoms with Crippen molar-refractivity contribution >= 4 is 41.0 Å². The molecule has 3 aromatic carbocycles. The molecule has 0 saturated heterocycles. The minimum atomic E-state index is -0.391. The van der Waals surface area contributed by atoms with Gasteiger partial charge in [0.05, 0.1) is 28.9 Å². The maximum Gasteiger partial charge on any atom is 0.273 e. The zero-order valence-corrected chi connectivity index (χ0v) is 17.6. The molecule has 154 valence electrons. The highest BCUT2D eigenvalue weighted by atomic mass is 35.5. The Morgan fingerprint density at radius 3 is 2.60 bits per heavy atom. The number of methoxy groups -OCH3 is 1. The third-order valence-corrected chi connectivity index (χ3v) is 4.89. The van der Waals surface area contributed by atoms with Crippen molar-refractivity contribution in [3.63, 3.8) is 0 Å². The monoisotopic (exact) mass is 443 g/mol. The number of rotatable bonds is 7. The summed E-state index contributed by atoms with van der Waals surface area (Å²) in [6.07, 6.45) is 1.50. The number of benzene rings is 3. The summed E-state index contributed by atoms with van der Waals surface area (Å²) in [6, 6.07) is 17.4. The van der Waals surface area contributed by atoms with Crippen molar-refractivity contribution in [3.05, 3.63) is 87.4 Å². The number of anilines is 1. The first-order valence-corrected chi connectivity index (χ1v) is 9.66. The molecule has 0 aliphatic heterocycles. The predicted octanol–water partition coefficient (Wildman–Crippen LogP) is 4.93. The van der Waals surface area contributed by atoms with Crippen LogP contribution < -0.4 is 20.6 Å². The van der Waals surface area contributed by atoms with E-state index in [1.807, 2.05) is 6.07 Å². The van der Waals surface area contributed by atoms with Gasteiger partial charge in [-0.3, -0.25) is 4.79 Å². The van der Waals surface area contributed by atoms with Crippen LogP contribution in [0.1, 0.15) is 21.5 Å². The highest BCUT2D eigenvalue weighted by Crippen LogP contribution is 2.29. The number of nitrogens with two attached hydrogens (primary N) is 1. The van der Waals surface area contributed by atoms with Gasteiger partial charge in [-0.25, -0.2) is 5.43 Å². The van der Waals surface area contributed by atoms with Gasteiger partial charge in [0.15, 0.2) is 11.5 Å². The minimum absolute atomic E-state index is 0.301. The van der Waals surface area contributed by atoms with Gasteiger partial charge in [-0.15, -0.1) is 0 Å². The van der Waals surface area contributed by atoms with Crippen molar-refractivity contribution in [2.24, 2.45) is 5.10 Å². The number of nitrogens with zero attached hydrogens (tertiary/aromatic N) is 1. The van der Waals surface area contributed by atoms with Crippen molar-refractivity contribution in [3.8, 4) is 11.5 Å². The fourth-order valence-electron chi connectivity index (χ4n) is 2.60. The number of ether oxygens (including phenoxy) is 2. The van der Waals surface area contributed by atoms with Crippen LogP contribution >= 0.6 is 23.2 Å². The van der Waals surface area contributed by atoms with Crippen LogP contribution in [-0.4, -0.2) is 19.2 Å². The van der Waals surface area contributed by atoms with Crippen molar-refractivity contribution in [2.75, 3.05) is 12.8 Å². The van der Waals surface area contributed by atoms with Crippen LogP contribution in [0.25, 0.3) is 0 Å². The number of amides is 1. The standard InChI is InChI=1S/C22H19Cl2N3O3/c1-29-21-11-14(12-26-27-22(28)16-4-2-3-5-19(16)25)7-9-20(21)30-13-15-6-8-17(23)18(24)10-15/h2-12H,13,25H2,1H3,(H,27,28)/b26-12-. The lowest BCUT2D eigenvalue weighted by Gasteiger charge is -2.12. The Morgan fingerprint density at radius 1 is 1.07 bits per heavy atom. The van der Waals surface area contributed by atoms with Gasteiger partial charge in [-0.1, -0.05) is 41.4 Å². The van der Waals surface area contributed by atoms with E-state index in [0.717, 1.165) is 11.1 Å². The Hall–Kier alpha value is -3.22. The lowest BCUT2D eigenvalue weighted by atomic mass is 10.2. The van der Waals surface area contributed by atoms with Gasteiger partial charge >= 0.3 is 0 Å². The molecular weight excluding hydrogens is 425 g/mol. The van der Waals surface area contributed by atoms with E-state index in [4.69, 9.17) is 38.4 Å². The first kappa shape index (κ1) is 21.5. The van der Waals surface area contributed by atoms with E-state index >= 15 is 0 Å². The normalized spacial score (nSPS) is 10.8. The lowest BCUT2D eigenvalue weighted by Crippen LogP contribution is -2.19. The zero-order chi connectivity index (χ0) is 21.5. The molecule has 3 rings (SSSR count). The first-order chi connectivity index (χ1) is 14.5. The van der Waals surface area contributed by atoms with E-state index in [9.17, 15) is 4.79 Å². The molecule has 0 bridgehead atoms. The quantitative estimate of drug-likeness (QED) is 0.308. The lowest BCUT2D eigenvalue weighted by molar-refractivity contribution is 0.0956. The molecule has 8 heteroatoms. The molecule has 0 radical (unpaired) electrons. The summed E-state index contributed by atoms with van der Waals surface area (Å²) >= 11 is 12.0. The van der Waals surface area contributed by atoms with Crippen molar-refractivity contribution < 1.29 is 14.3 Å². The van der Waals surface area contributed by atoms with Gasteiger partial charge in [0.1, 0.15) is 6.61 Å². The zero-order valence-electron chi connectivity index (χ0n) is 16.1. The van der Waals surface area contributed by atoms with Crippen molar-refractivity contribution in [1.29, 1.82) is 0 Å². The maximum absolute atomic E-state index is 12.1. The van der Waals surface area contributed by atoms with Crippen LogP contribution in [0.4, 0.5) is 5.69 Å². The number of para-hydroxylation sites is 1. The third-order valence-electron chi connectivity index (χ3n) is 4.15. The van der Waals surface area contributed by atoms with Gasteiger partial charge in [-0.2, -0.15) is 5.10 Å². The van der Waals surface area contributed by atoms with Crippen LogP contribution in [0.5, 0.6) is 11.5 Å². The van der Waals surface area contributed by atoms with E-state index < -0.39 is 5.91 Å². The molecule has 1 amide bonds. The predicted molar refractivity (Wildman–Crippen MR) is 120 cm³/mol. The summed E-state index contributed by atoms with van der Waals surface area (Å²) in [7, 11) is 1.54. The smallest absolute Gasteiger partial charge is 0.273 e. The van der Waals surface area contributed by atoms with E-state index in [-0.39, 0.29) is 0 Å². The summed E-state index contributed by atoms with van der Waals surface area (Å²) in [5, 5.41) is 4.93. The second-order valence-electron chi connectivity index (χ2n) is 6.23. The molecule has 3 aromatic rings. The number of nitrogen functional groups attached to an aromatic ring is 1. The molecule has 0 unspecified atom stereocenters. The van der Waals surface area contributed by atoms with Crippen LogP contribution in [0.2, 0.25) is 10.0 Å². The van der Waals surface area contributed by atoms with Gasteiger partial charge in [-0.05, 0) is 53.6 Å². The Kier molecular flexibility index (Phi) is 7.17. The molecule has 0 atom stereocenters. The molecule has 0 heterocycles. The molecule has 0 fully saturated rings.